The van der Waals surface area contributed by atoms with Crippen molar-refractivity contribution in [2.75, 3.05) is 37.7 Å². The SMILES string of the molecule is CCc1cc2c(s1)CCOC21CCN(C/C(=C/NC2CS(=O)(=O)C2)N=N)CC1. The van der Waals surface area contributed by atoms with E-state index in [0.717, 1.165) is 45.4 Å². The minimum absolute atomic E-state index is 0.0493. The molecule has 9 heteroatoms. The number of hydrogen-bond acceptors (Lipinski definition) is 8. The summed E-state index contributed by atoms with van der Waals surface area (Å²) in [5, 5.41) is 6.72. The van der Waals surface area contributed by atoms with Crippen molar-refractivity contribution >= 4 is 21.2 Å². The van der Waals surface area contributed by atoms with Crippen LogP contribution in [0.4, 0.5) is 0 Å². The molecule has 154 valence electrons. The van der Waals surface area contributed by atoms with Gasteiger partial charge >= 0.3 is 0 Å². The number of ether oxygens (including phenoxy) is 1. The number of nitrogens with zero attached hydrogens (tertiary/aromatic N) is 2. The molecule has 2 saturated heterocycles. The fourth-order valence-corrected chi connectivity index (χ4v) is 6.85. The van der Waals surface area contributed by atoms with E-state index in [1.165, 1.54) is 15.3 Å². The molecule has 4 heterocycles. The number of thiophene rings is 1. The summed E-state index contributed by atoms with van der Waals surface area (Å²) in [5.74, 6) is 0.335. The number of nitrogens with one attached hydrogen (secondary N) is 2. The van der Waals surface area contributed by atoms with E-state index in [-0.39, 0.29) is 23.1 Å². The van der Waals surface area contributed by atoms with Crippen molar-refractivity contribution in [1.29, 1.82) is 5.53 Å². The monoisotopic (exact) mass is 424 g/mol. The van der Waals surface area contributed by atoms with Gasteiger partial charge in [-0.2, -0.15) is 5.11 Å². The molecule has 1 aromatic rings. The Morgan fingerprint density at radius 3 is 2.86 bits per heavy atom. The fraction of sp³-hybridized carbons (Fsp3) is 0.684. The Kier molecular flexibility index (Phi) is 5.61. The summed E-state index contributed by atoms with van der Waals surface area (Å²) in [5.41, 5.74) is 9.33. The van der Waals surface area contributed by atoms with E-state index < -0.39 is 9.84 Å². The molecule has 0 unspecified atom stereocenters. The lowest BCUT2D eigenvalue weighted by molar-refractivity contribution is -0.0961. The first-order valence-corrected chi connectivity index (χ1v) is 12.6. The lowest BCUT2D eigenvalue weighted by Crippen LogP contribution is -2.49. The molecule has 1 aromatic heterocycles. The second-order valence-electron chi connectivity index (χ2n) is 7.96. The van der Waals surface area contributed by atoms with E-state index >= 15 is 0 Å². The van der Waals surface area contributed by atoms with Crippen molar-refractivity contribution in [3.63, 3.8) is 0 Å². The van der Waals surface area contributed by atoms with Crippen LogP contribution in [0.1, 0.15) is 35.1 Å². The average molecular weight is 425 g/mol. The maximum atomic E-state index is 11.2. The predicted molar refractivity (Wildman–Crippen MR) is 110 cm³/mol. The van der Waals surface area contributed by atoms with Gasteiger partial charge in [0.2, 0.25) is 0 Å². The quantitative estimate of drug-likeness (QED) is 0.684. The maximum absolute atomic E-state index is 11.2. The highest BCUT2D eigenvalue weighted by Gasteiger charge is 2.42. The summed E-state index contributed by atoms with van der Waals surface area (Å²) in [6.45, 7) is 5.42. The van der Waals surface area contributed by atoms with Gasteiger partial charge in [0.25, 0.3) is 0 Å². The van der Waals surface area contributed by atoms with Crippen molar-refractivity contribution in [2.45, 2.75) is 44.2 Å². The van der Waals surface area contributed by atoms with Crippen LogP contribution < -0.4 is 5.32 Å². The third-order valence-corrected chi connectivity index (χ3v) is 9.16. The highest BCUT2D eigenvalue weighted by atomic mass is 32.2. The van der Waals surface area contributed by atoms with Crippen LogP contribution in [0.5, 0.6) is 0 Å². The first kappa shape index (κ1) is 20.0. The average Bonchev–Trinajstić information content (AvgIpc) is 3.10. The first-order valence-electron chi connectivity index (χ1n) is 9.94. The summed E-state index contributed by atoms with van der Waals surface area (Å²) in [4.78, 5) is 5.25. The van der Waals surface area contributed by atoms with Crippen molar-refractivity contribution in [3.05, 3.63) is 33.3 Å². The number of hydrogen-bond donors (Lipinski definition) is 2. The van der Waals surface area contributed by atoms with Gasteiger partial charge in [0.1, 0.15) is 0 Å². The normalized spacial score (nSPS) is 24.5. The molecule has 0 aromatic carbocycles. The van der Waals surface area contributed by atoms with Crippen LogP contribution in [-0.4, -0.2) is 57.1 Å². The van der Waals surface area contributed by atoms with Gasteiger partial charge in [-0.3, -0.25) is 4.90 Å². The van der Waals surface area contributed by atoms with Gasteiger partial charge < -0.3 is 10.1 Å². The summed E-state index contributed by atoms with van der Waals surface area (Å²) < 4.78 is 28.8. The summed E-state index contributed by atoms with van der Waals surface area (Å²) >= 11 is 1.94. The van der Waals surface area contributed by atoms with Crippen LogP contribution in [-0.2, 0) is 33.0 Å². The van der Waals surface area contributed by atoms with Crippen molar-refractivity contribution in [1.82, 2.24) is 10.2 Å². The molecule has 4 rings (SSSR count). The summed E-state index contributed by atoms with van der Waals surface area (Å²) in [7, 11) is -2.85. The number of piperidine rings is 1. The zero-order valence-corrected chi connectivity index (χ0v) is 17.9. The molecular formula is C19H28N4O3S2. The number of likely N-dealkylation sites (tertiary alicyclic amines) is 1. The zero-order chi connectivity index (χ0) is 19.8. The molecule has 3 aliphatic rings. The standard InChI is InChI=1S/C19H28N4O3S2/c1-2-16-9-17-18(27-16)3-8-26-19(17)4-6-23(7-5-19)11-14(22-20)10-21-15-12-28(24,25)13-15/h9-10,15,20-21H,2-8,11-13H2,1H3/b14-10-,22-20?. The molecule has 2 N–H and O–H groups in total. The molecule has 28 heavy (non-hydrogen) atoms. The minimum Gasteiger partial charge on any atom is -0.385 e. The van der Waals surface area contributed by atoms with Crippen LogP contribution in [0, 0.1) is 5.53 Å². The van der Waals surface area contributed by atoms with E-state index in [2.05, 4.69) is 28.3 Å². The summed E-state index contributed by atoms with van der Waals surface area (Å²) in [6.07, 6.45) is 5.73. The third kappa shape index (κ3) is 4.03. The zero-order valence-electron chi connectivity index (χ0n) is 16.2. The Balaban J connectivity index is 1.35. The second-order valence-corrected chi connectivity index (χ2v) is 11.3. The van der Waals surface area contributed by atoms with Crippen molar-refractivity contribution in [2.24, 2.45) is 5.11 Å². The number of aryl methyl sites for hydroxylation is 1. The molecule has 0 radical (unpaired) electrons. The molecule has 0 aliphatic carbocycles. The molecule has 0 bridgehead atoms. The van der Waals surface area contributed by atoms with Gasteiger partial charge in [-0.15, -0.1) is 11.3 Å². The largest absolute Gasteiger partial charge is 0.385 e. The predicted octanol–water partition coefficient (Wildman–Crippen LogP) is 2.43. The molecule has 3 aliphatic heterocycles. The van der Waals surface area contributed by atoms with E-state index in [1.54, 1.807) is 6.20 Å². The molecule has 2 fully saturated rings. The topological polar surface area (TPSA) is 94.8 Å². The van der Waals surface area contributed by atoms with Gasteiger partial charge in [-0.05, 0) is 30.9 Å². The Morgan fingerprint density at radius 2 is 2.21 bits per heavy atom. The van der Waals surface area contributed by atoms with Gasteiger partial charge in [-0.1, -0.05) is 6.92 Å². The lowest BCUT2D eigenvalue weighted by atomic mass is 9.82. The molecular weight excluding hydrogens is 396 g/mol. The van der Waals surface area contributed by atoms with Gasteiger partial charge in [-0.25, -0.2) is 13.9 Å². The number of rotatable bonds is 6. The first-order chi connectivity index (χ1) is 13.4. The Bertz CT molecular complexity index is 858. The van der Waals surface area contributed by atoms with E-state index in [0.29, 0.717) is 12.2 Å². The Labute approximate surface area is 170 Å². The van der Waals surface area contributed by atoms with Crippen LogP contribution in [0.25, 0.3) is 0 Å². The highest BCUT2D eigenvalue weighted by Crippen LogP contribution is 2.44. The second kappa shape index (κ2) is 7.85. The molecule has 0 amide bonds. The summed E-state index contributed by atoms with van der Waals surface area (Å²) in [6, 6.07) is 2.31. The van der Waals surface area contributed by atoms with Crippen molar-refractivity contribution in [3.8, 4) is 0 Å². The van der Waals surface area contributed by atoms with Crippen LogP contribution >= 0.6 is 11.3 Å². The van der Waals surface area contributed by atoms with Crippen molar-refractivity contribution < 1.29 is 13.2 Å². The van der Waals surface area contributed by atoms with Crippen LogP contribution in [0.3, 0.4) is 0 Å². The van der Waals surface area contributed by atoms with Gasteiger partial charge in [0.15, 0.2) is 9.84 Å². The maximum Gasteiger partial charge on any atom is 0.154 e. The van der Waals surface area contributed by atoms with E-state index in [4.69, 9.17) is 10.3 Å². The van der Waals surface area contributed by atoms with E-state index in [1.807, 2.05) is 11.3 Å². The van der Waals surface area contributed by atoms with Crippen LogP contribution in [0.15, 0.2) is 23.1 Å². The Hall–Kier alpha value is -1.29. The minimum atomic E-state index is -2.85. The van der Waals surface area contributed by atoms with Crippen LogP contribution in [0.2, 0.25) is 0 Å². The lowest BCUT2D eigenvalue weighted by Gasteiger charge is -2.44. The smallest absolute Gasteiger partial charge is 0.154 e. The van der Waals surface area contributed by atoms with E-state index in [9.17, 15) is 8.42 Å². The van der Waals surface area contributed by atoms with Gasteiger partial charge in [0, 0.05) is 42.0 Å². The Morgan fingerprint density at radius 1 is 1.46 bits per heavy atom. The number of sulfone groups is 1. The molecule has 1 spiro atoms. The number of fused-ring (bicyclic) bond motifs is 2. The highest BCUT2D eigenvalue weighted by molar-refractivity contribution is 7.92. The fourth-order valence-electron chi connectivity index (χ4n) is 4.35. The molecule has 0 saturated carbocycles. The molecule has 7 nitrogen and oxygen atoms in total. The third-order valence-electron chi connectivity index (χ3n) is 6.00. The van der Waals surface area contributed by atoms with Gasteiger partial charge in [0.05, 0.1) is 35.5 Å². The molecule has 0 atom stereocenters.